The van der Waals surface area contributed by atoms with E-state index in [0.29, 0.717) is 25.0 Å². The highest BCUT2D eigenvalue weighted by Gasteiger charge is 2.42. The number of amides is 2. The molecule has 5 heteroatoms. The Kier molecular flexibility index (Phi) is 4.50. The first-order chi connectivity index (χ1) is 12.1. The van der Waals surface area contributed by atoms with Gasteiger partial charge in [0.2, 0.25) is 5.91 Å². The molecule has 3 fully saturated rings. The van der Waals surface area contributed by atoms with Crippen molar-refractivity contribution in [1.82, 2.24) is 10.2 Å². The summed E-state index contributed by atoms with van der Waals surface area (Å²) in [5.41, 5.74) is 1.83. The zero-order valence-electron chi connectivity index (χ0n) is 14.7. The summed E-state index contributed by atoms with van der Waals surface area (Å²) in [5.74, 6) is 1.37. The molecule has 2 saturated heterocycles. The lowest BCUT2D eigenvalue weighted by Crippen LogP contribution is -2.46. The average Bonchev–Trinajstić information content (AvgIpc) is 3.40. The van der Waals surface area contributed by atoms with Crippen molar-refractivity contribution in [2.24, 2.45) is 17.8 Å². The summed E-state index contributed by atoms with van der Waals surface area (Å²) in [4.78, 5) is 26.6. The van der Waals surface area contributed by atoms with Crippen LogP contribution in [0.25, 0.3) is 0 Å². The van der Waals surface area contributed by atoms with Gasteiger partial charge in [0, 0.05) is 37.0 Å². The molecule has 1 aromatic rings. The van der Waals surface area contributed by atoms with Crippen molar-refractivity contribution in [3.63, 3.8) is 0 Å². The molecule has 3 aliphatic rings. The molecule has 0 unspecified atom stereocenters. The highest BCUT2D eigenvalue weighted by atomic mass is 16.5. The number of hydrogen-bond donors (Lipinski definition) is 1. The van der Waals surface area contributed by atoms with Gasteiger partial charge in [-0.3, -0.25) is 9.59 Å². The minimum Gasteiger partial charge on any atom is -0.376 e. The van der Waals surface area contributed by atoms with Gasteiger partial charge in [0.15, 0.2) is 0 Å². The number of hydrogen-bond acceptors (Lipinski definition) is 3. The van der Waals surface area contributed by atoms with E-state index in [-0.39, 0.29) is 23.8 Å². The Balaban J connectivity index is 1.34. The molecule has 1 saturated carbocycles. The van der Waals surface area contributed by atoms with Crippen molar-refractivity contribution in [2.75, 3.05) is 26.2 Å². The summed E-state index contributed by atoms with van der Waals surface area (Å²) in [5, 5.41) is 3.04. The van der Waals surface area contributed by atoms with Crippen LogP contribution in [0.5, 0.6) is 0 Å². The topological polar surface area (TPSA) is 58.6 Å². The van der Waals surface area contributed by atoms with Crippen LogP contribution in [0.15, 0.2) is 24.3 Å². The number of fused-ring (bicyclic) bond motifs is 1. The maximum Gasteiger partial charge on any atom is 0.254 e. The number of nitrogens with one attached hydrogen (secondary N) is 1. The average molecular weight is 342 g/mol. The van der Waals surface area contributed by atoms with Crippen molar-refractivity contribution in [3.05, 3.63) is 35.4 Å². The van der Waals surface area contributed by atoms with E-state index in [1.165, 1.54) is 0 Å². The minimum absolute atomic E-state index is 0.100. The number of likely N-dealkylation sites (tertiary alicyclic amines) is 1. The van der Waals surface area contributed by atoms with Gasteiger partial charge in [-0.1, -0.05) is 18.2 Å². The molecule has 0 radical (unpaired) electrons. The Morgan fingerprint density at radius 1 is 1.24 bits per heavy atom. The van der Waals surface area contributed by atoms with Crippen LogP contribution in [0.2, 0.25) is 0 Å². The first-order valence-electron chi connectivity index (χ1n) is 9.37. The van der Waals surface area contributed by atoms with Gasteiger partial charge in [-0.15, -0.1) is 0 Å². The first-order valence-corrected chi connectivity index (χ1v) is 9.37. The summed E-state index contributed by atoms with van der Waals surface area (Å²) >= 11 is 0. The summed E-state index contributed by atoms with van der Waals surface area (Å²) in [7, 11) is 0. The Hall–Kier alpha value is -1.88. The van der Waals surface area contributed by atoms with E-state index in [2.05, 4.69) is 5.32 Å². The van der Waals surface area contributed by atoms with Crippen molar-refractivity contribution in [2.45, 2.75) is 32.3 Å². The molecule has 2 heterocycles. The molecular weight excluding hydrogens is 316 g/mol. The Morgan fingerprint density at radius 2 is 2.04 bits per heavy atom. The fourth-order valence-electron chi connectivity index (χ4n) is 4.16. The van der Waals surface area contributed by atoms with Crippen LogP contribution >= 0.6 is 0 Å². The third-order valence-corrected chi connectivity index (χ3v) is 5.88. The Labute approximate surface area is 148 Å². The number of piperidine rings is 1. The van der Waals surface area contributed by atoms with Gasteiger partial charge in [-0.2, -0.15) is 0 Å². The lowest BCUT2D eigenvalue weighted by molar-refractivity contribution is -0.122. The van der Waals surface area contributed by atoms with E-state index in [9.17, 15) is 9.59 Å². The van der Waals surface area contributed by atoms with E-state index in [4.69, 9.17) is 4.74 Å². The molecule has 2 aliphatic heterocycles. The van der Waals surface area contributed by atoms with Gasteiger partial charge < -0.3 is 15.0 Å². The number of carbonyl (C=O) groups excluding carboxylic acids is 2. The molecule has 3 atom stereocenters. The molecule has 0 bridgehead atoms. The lowest BCUT2D eigenvalue weighted by Gasteiger charge is -2.36. The van der Waals surface area contributed by atoms with E-state index in [0.717, 1.165) is 43.5 Å². The lowest BCUT2D eigenvalue weighted by atomic mass is 9.84. The number of carbonyl (C=O) groups is 2. The number of ether oxygens (including phenoxy) is 1. The van der Waals surface area contributed by atoms with Gasteiger partial charge in [0.1, 0.15) is 0 Å². The Bertz CT molecular complexity index is 671. The number of aryl methyl sites for hydroxylation is 1. The van der Waals surface area contributed by atoms with Crippen LogP contribution in [-0.4, -0.2) is 49.1 Å². The van der Waals surface area contributed by atoms with E-state index >= 15 is 0 Å². The largest absolute Gasteiger partial charge is 0.376 e. The predicted molar refractivity (Wildman–Crippen MR) is 94.2 cm³/mol. The van der Waals surface area contributed by atoms with Crippen molar-refractivity contribution in [1.29, 1.82) is 0 Å². The molecule has 0 spiro atoms. The van der Waals surface area contributed by atoms with E-state index in [1.54, 1.807) is 0 Å². The van der Waals surface area contributed by atoms with Crippen molar-refractivity contribution >= 4 is 11.8 Å². The minimum atomic E-state index is 0.100. The quantitative estimate of drug-likeness (QED) is 0.910. The molecule has 1 N–H and O–H groups in total. The van der Waals surface area contributed by atoms with Crippen LogP contribution in [0.1, 0.15) is 35.2 Å². The van der Waals surface area contributed by atoms with Crippen LogP contribution in [0.3, 0.4) is 0 Å². The van der Waals surface area contributed by atoms with Crippen LogP contribution < -0.4 is 5.32 Å². The molecule has 2 amide bonds. The van der Waals surface area contributed by atoms with Gasteiger partial charge in [-0.05, 0) is 43.7 Å². The summed E-state index contributed by atoms with van der Waals surface area (Å²) in [6, 6.07) is 7.77. The van der Waals surface area contributed by atoms with Crippen molar-refractivity contribution in [3.8, 4) is 0 Å². The molecule has 1 aromatic carbocycles. The monoisotopic (exact) mass is 342 g/mol. The molecule has 134 valence electrons. The highest BCUT2D eigenvalue weighted by Crippen LogP contribution is 2.35. The predicted octanol–water partition coefficient (Wildman–Crippen LogP) is 2.00. The first kappa shape index (κ1) is 16.6. The smallest absolute Gasteiger partial charge is 0.254 e. The third-order valence-electron chi connectivity index (χ3n) is 5.88. The number of nitrogens with zero attached hydrogens (tertiary/aromatic N) is 1. The zero-order valence-corrected chi connectivity index (χ0v) is 14.7. The second-order valence-electron chi connectivity index (χ2n) is 7.67. The van der Waals surface area contributed by atoms with Gasteiger partial charge >= 0.3 is 0 Å². The van der Waals surface area contributed by atoms with Crippen LogP contribution in [0.4, 0.5) is 0 Å². The molecule has 25 heavy (non-hydrogen) atoms. The summed E-state index contributed by atoms with van der Waals surface area (Å²) in [6.07, 6.45) is 3.11. The second-order valence-corrected chi connectivity index (χ2v) is 7.67. The van der Waals surface area contributed by atoms with Gasteiger partial charge in [0.05, 0.1) is 12.7 Å². The normalized spacial score (nSPS) is 28.5. The molecular formula is C20H26N2O3. The fourth-order valence-corrected chi connectivity index (χ4v) is 4.16. The fraction of sp³-hybridized carbons (Fsp3) is 0.600. The zero-order chi connectivity index (χ0) is 17.4. The van der Waals surface area contributed by atoms with Crippen LogP contribution in [0, 0.1) is 24.7 Å². The molecule has 4 rings (SSSR count). The van der Waals surface area contributed by atoms with Gasteiger partial charge in [-0.25, -0.2) is 0 Å². The number of benzene rings is 1. The van der Waals surface area contributed by atoms with Crippen molar-refractivity contribution < 1.29 is 14.3 Å². The maximum absolute atomic E-state index is 12.8. The van der Waals surface area contributed by atoms with Gasteiger partial charge in [0.25, 0.3) is 5.91 Å². The second kappa shape index (κ2) is 6.79. The summed E-state index contributed by atoms with van der Waals surface area (Å²) in [6.45, 7) is 4.81. The SMILES string of the molecule is Cc1ccccc1C(=O)N1CC[C@@H]2[C@@H](CO[C@H]2CNC(=O)C2CC2)C1. The standard InChI is InChI=1S/C20H26N2O3/c1-13-4-2-3-5-16(13)20(24)22-9-8-17-15(11-22)12-25-18(17)10-21-19(23)14-6-7-14/h2-5,14-15,17-18H,6-12H2,1H3,(H,21,23)/t15-,17-,18+/m1/s1. The Morgan fingerprint density at radius 3 is 2.80 bits per heavy atom. The molecule has 0 aromatic heterocycles. The summed E-state index contributed by atoms with van der Waals surface area (Å²) < 4.78 is 5.96. The van der Waals surface area contributed by atoms with E-state index in [1.807, 2.05) is 36.1 Å². The number of rotatable bonds is 4. The molecule has 1 aliphatic carbocycles. The third kappa shape index (κ3) is 3.43. The highest BCUT2D eigenvalue weighted by molar-refractivity contribution is 5.95. The van der Waals surface area contributed by atoms with Crippen LogP contribution in [-0.2, 0) is 9.53 Å². The maximum atomic E-state index is 12.8. The molecule has 5 nitrogen and oxygen atoms in total. The van der Waals surface area contributed by atoms with E-state index < -0.39 is 0 Å².